The van der Waals surface area contributed by atoms with Gasteiger partial charge in [0.05, 0.1) is 6.61 Å². The number of rotatable bonds is 6. The minimum absolute atomic E-state index is 0.200. The fraction of sp³-hybridized carbons (Fsp3) is 0.333. The highest BCUT2D eigenvalue weighted by Gasteiger charge is 2.48. The lowest BCUT2D eigenvalue weighted by atomic mass is 9.89. The highest BCUT2D eigenvalue weighted by molar-refractivity contribution is 6.07. The summed E-state index contributed by atoms with van der Waals surface area (Å²) in [5.74, 6) is -0.528. The summed E-state index contributed by atoms with van der Waals surface area (Å²) in [6.45, 7) is 4.72. The molecule has 1 atom stereocenters. The van der Waals surface area contributed by atoms with E-state index in [1.165, 1.54) is 4.90 Å². The van der Waals surface area contributed by atoms with Crippen molar-refractivity contribution in [3.63, 3.8) is 0 Å². The summed E-state index contributed by atoms with van der Waals surface area (Å²) in [6.07, 6.45) is 0.494. The molecular formula is C24H25N3O5. The molecule has 2 aromatic rings. The molecule has 2 N–H and O–H groups in total. The molecule has 32 heavy (non-hydrogen) atoms. The minimum atomic E-state index is -1.06. The molecular weight excluding hydrogens is 410 g/mol. The van der Waals surface area contributed by atoms with Crippen LogP contribution in [0.2, 0.25) is 0 Å². The molecule has 8 heteroatoms. The average Bonchev–Trinajstić information content (AvgIpc) is 3.12. The molecule has 8 nitrogen and oxygen atoms in total. The molecule has 2 aliphatic heterocycles. The van der Waals surface area contributed by atoms with Gasteiger partial charge in [-0.25, -0.2) is 0 Å². The van der Waals surface area contributed by atoms with E-state index in [4.69, 9.17) is 4.74 Å². The molecule has 0 aliphatic carbocycles. The van der Waals surface area contributed by atoms with Crippen LogP contribution in [0.25, 0.3) is 0 Å². The van der Waals surface area contributed by atoms with E-state index in [0.29, 0.717) is 36.4 Å². The van der Waals surface area contributed by atoms with Crippen LogP contribution in [0.15, 0.2) is 42.5 Å². The van der Waals surface area contributed by atoms with E-state index < -0.39 is 11.4 Å². The molecule has 0 saturated carbocycles. The highest BCUT2D eigenvalue weighted by atomic mass is 16.5. The Hall–Kier alpha value is -3.68. The number of imide groups is 1. The van der Waals surface area contributed by atoms with E-state index in [9.17, 15) is 19.2 Å². The summed E-state index contributed by atoms with van der Waals surface area (Å²) in [5, 5.41) is 5.20. The molecule has 1 fully saturated rings. The van der Waals surface area contributed by atoms with Gasteiger partial charge in [0.15, 0.2) is 0 Å². The van der Waals surface area contributed by atoms with Crippen molar-refractivity contribution in [1.29, 1.82) is 0 Å². The molecule has 166 valence electrons. The van der Waals surface area contributed by atoms with Crippen LogP contribution in [0.1, 0.15) is 58.5 Å². The van der Waals surface area contributed by atoms with E-state index in [-0.39, 0.29) is 30.7 Å². The molecule has 4 amide bonds. The summed E-state index contributed by atoms with van der Waals surface area (Å²) < 4.78 is 5.38. The van der Waals surface area contributed by atoms with Crippen molar-refractivity contribution in [3.05, 3.63) is 64.7 Å². The molecule has 2 heterocycles. The van der Waals surface area contributed by atoms with Gasteiger partial charge in [0.2, 0.25) is 5.91 Å². The van der Waals surface area contributed by atoms with Crippen LogP contribution in [0.5, 0.6) is 5.75 Å². The fourth-order valence-electron chi connectivity index (χ4n) is 4.06. The second-order valence-corrected chi connectivity index (χ2v) is 8.17. The normalized spacial score (nSPS) is 20.1. The first kappa shape index (κ1) is 21.5. The Bertz CT molecular complexity index is 1100. The van der Waals surface area contributed by atoms with Gasteiger partial charge in [-0.3, -0.25) is 24.5 Å². The van der Waals surface area contributed by atoms with Crippen molar-refractivity contribution in [2.24, 2.45) is 0 Å². The van der Waals surface area contributed by atoms with Crippen molar-refractivity contribution in [2.45, 2.75) is 45.3 Å². The highest BCUT2D eigenvalue weighted by Crippen LogP contribution is 2.34. The molecule has 2 aliphatic rings. The number of carbonyl (C=O) groups is 4. The molecule has 0 spiro atoms. The molecule has 4 rings (SSSR count). The standard InChI is InChI=1S/C24H25N3O5/c1-3-32-18-8-6-16(7-9-18)21(29)25-13-15-4-5-17-14-27(22(30)19(17)12-15)24(2)11-10-20(28)26-23(24)31/h4-9,12H,3,10-11,13-14H2,1-2H3,(H,25,29)(H,26,28,31)/t24-/m0/s1. The summed E-state index contributed by atoms with van der Waals surface area (Å²) >= 11 is 0. The number of piperidine rings is 1. The number of nitrogens with one attached hydrogen (secondary N) is 2. The zero-order valence-corrected chi connectivity index (χ0v) is 18.1. The maximum atomic E-state index is 13.1. The predicted molar refractivity (Wildman–Crippen MR) is 116 cm³/mol. The Kier molecular flexibility index (Phi) is 5.69. The summed E-state index contributed by atoms with van der Waals surface area (Å²) in [6, 6.07) is 12.4. The number of carbonyl (C=O) groups excluding carboxylic acids is 4. The van der Waals surface area contributed by atoms with Gasteiger partial charge in [-0.15, -0.1) is 0 Å². The third-order valence-electron chi connectivity index (χ3n) is 6.04. The third kappa shape index (κ3) is 3.95. The Labute approximate surface area is 185 Å². The largest absolute Gasteiger partial charge is 0.494 e. The molecule has 1 saturated heterocycles. The Morgan fingerprint density at radius 2 is 1.91 bits per heavy atom. The summed E-state index contributed by atoms with van der Waals surface area (Å²) in [7, 11) is 0. The lowest BCUT2D eigenvalue weighted by molar-refractivity contribution is -0.142. The topological polar surface area (TPSA) is 105 Å². The first-order chi connectivity index (χ1) is 15.3. The molecule has 2 aromatic carbocycles. The minimum Gasteiger partial charge on any atom is -0.494 e. The Morgan fingerprint density at radius 1 is 1.16 bits per heavy atom. The summed E-state index contributed by atoms with van der Waals surface area (Å²) in [5.41, 5.74) is 1.58. The SMILES string of the molecule is CCOc1ccc(C(=O)NCc2ccc3c(c2)C(=O)N([C@@]2(C)CCC(=O)NC2=O)C3)cc1. The number of amides is 4. The van der Waals surface area contributed by atoms with Gasteiger partial charge in [0.1, 0.15) is 11.3 Å². The van der Waals surface area contributed by atoms with Crippen molar-refractivity contribution in [3.8, 4) is 5.75 Å². The van der Waals surface area contributed by atoms with E-state index in [2.05, 4.69) is 10.6 Å². The van der Waals surface area contributed by atoms with Crippen molar-refractivity contribution in [1.82, 2.24) is 15.5 Å². The lowest BCUT2D eigenvalue weighted by Gasteiger charge is -2.39. The smallest absolute Gasteiger partial charge is 0.255 e. The number of benzene rings is 2. The van der Waals surface area contributed by atoms with E-state index in [0.717, 1.165) is 11.1 Å². The number of hydrogen-bond donors (Lipinski definition) is 2. The first-order valence-corrected chi connectivity index (χ1v) is 10.6. The van der Waals surface area contributed by atoms with Crippen LogP contribution in [0, 0.1) is 0 Å². The van der Waals surface area contributed by atoms with Crippen LogP contribution in [-0.2, 0) is 22.7 Å². The quantitative estimate of drug-likeness (QED) is 0.677. The Morgan fingerprint density at radius 3 is 2.59 bits per heavy atom. The maximum Gasteiger partial charge on any atom is 0.255 e. The molecule has 0 aromatic heterocycles. The zero-order chi connectivity index (χ0) is 22.9. The van der Waals surface area contributed by atoms with E-state index >= 15 is 0 Å². The van der Waals surface area contributed by atoms with E-state index in [1.807, 2.05) is 19.1 Å². The Balaban J connectivity index is 1.43. The predicted octanol–water partition coefficient (Wildman–Crippen LogP) is 2.17. The third-order valence-corrected chi connectivity index (χ3v) is 6.04. The zero-order valence-electron chi connectivity index (χ0n) is 18.1. The average molecular weight is 435 g/mol. The second-order valence-electron chi connectivity index (χ2n) is 8.17. The molecule has 0 radical (unpaired) electrons. The van der Waals surface area contributed by atoms with Gasteiger partial charge >= 0.3 is 0 Å². The van der Waals surface area contributed by atoms with Gasteiger partial charge < -0.3 is 15.0 Å². The van der Waals surface area contributed by atoms with Crippen molar-refractivity contribution in [2.75, 3.05) is 6.61 Å². The van der Waals surface area contributed by atoms with Gasteiger partial charge in [-0.2, -0.15) is 0 Å². The van der Waals surface area contributed by atoms with Gasteiger partial charge in [-0.05, 0) is 61.7 Å². The number of fused-ring (bicyclic) bond motifs is 1. The summed E-state index contributed by atoms with van der Waals surface area (Å²) in [4.78, 5) is 51.1. The van der Waals surface area contributed by atoms with Crippen molar-refractivity contribution < 1.29 is 23.9 Å². The molecule has 0 bridgehead atoms. The lowest BCUT2D eigenvalue weighted by Crippen LogP contribution is -2.61. The fourth-order valence-corrected chi connectivity index (χ4v) is 4.06. The number of hydrogen-bond acceptors (Lipinski definition) is 5. The number of nitrogens with zero attached hydrogens (tertiary/aromatic N) is 1. The van der Waals surface area contributed by atoms with Crippen LogP contribution in [0.4, 0.5) is 0 Å². The van der Waals surface area contributed by atoms with Crippen LogP contribution in [0.3, 0.4) is 0 Å². The number of ether oxygens (including phenoxy) is 1. The van der Waals surface area contributed by atoms with E-state index in [1.54, 1.807) is 37.3 Å². The first-order valence-electron chi connectivity index (χ1n) is 10.6. The second kappa shape index (κ2) is 8.45. The van der Waals surface area contributed by atoms with Crippen LogP contribution < -0.4 is 15.4 Å². The molecule has 0 unspecified atom stereocenters. The van der Waals surface area contributed by atoms with Gasteiger partial charge in [0, 0.05) is 30.6 Å². The van der Waals surface area contributed by atoms with Gasteiger partial charge in [-0.1, -0.05) is 12.1 Å². The monoisotopic (exact) mass is 435 g/mol. The van der Waals surface area contributed by atoms with Crippen LogP contribution in [-0.4, -0.2) is 40.7 Å². The van der Waals surface area contributed by atoms with Crippen LogP contribution >= 0.6 is 0 Å². The maximum absolute atomic E-state index is 13.1. The van der Waals surface area contributed by atoms with Gasteiger partial charge in [0.25, 0.3) is 17.7 Å². The van der Waals surface area contributed by atoms with Crippen molar-refractivity contribution >= 4 is 23.6 Å².